The third kappa shape index (κ3) is 3.91. The summed E-state index contributed by atoms with van der Waals surface area (Å²) in [5.41, 5.74) is 5.42. The summed E-state index contributed by atoms with van der Waals surface area (Å²) in [5.74, 6) is 1.93. The Labute approximate surface area is 202 Å². The van der Waals surface area contributed by atoms with Crippen molar-refractivity contribution in [2.24, 2.45) is 28.6 Å². The summed E-state index contributed by atoms with van der Waals surface area (Å²) < 4.78 is 2.00. The van der Waals surface area contributed by atoms with Crippen molar-refractivity contribution in [3.8, 4) is 11.3 Å². The smallest absolute Gasteiger partial charge is 0.258 e. The van der Waals surface area contributed by atoms with Crippen molar-refractivity contribution in [3.05, 3.63) is 63.9 Å². The first-order valence-electron chi connectivity index (χ1n) is 12.7. The van der Waals surface area contributed by atoms with Crippen LogP contribution in [0.2, 0.25) is 0 Å². The highest BCUT2D eigenvalue weighted by Gasteiger charge is 2.54. The lowest BCUT2D eigenvalue weighted by Gasteiger charge is -2.58. The maximum Gasteiger partial charge on any atom is 0.269 e. The Balaban J connectivity index is 1.38. The van der Waals surface area contributed by atoms with Gasteiger partial charge in [-0.05, 0) is 78.4 Å². The normalized spacial score (nSPS) is 30.9. The van der Waals surface area contributed by atoms with Crippen LogP contribution in [-0.2, 0) is 6.54 Å². The third-order valence-corrected chi connectivity index (χ3v) is 9.14. The zero-order valence-electron chi connectivity index (χ0n) is 20.8. The molecule has 1 aromatic heterocycles. The summed E-state index contributed by atoms with van der Waals surface area (Å²) in [5, 5.41) is 19.8. The largest absolute Gasteiger partial charge is 0.269 e. The predicted molar refractivity (Wildman–Crippen MR) is 134 cm³/mol. The molecular weight excluding hydrogens is 424 g/mol. The van der Waals surface area contributed by atoms with Crippen LogP contribution in [0, 0.1) is 38.7 Å². The van der Waals surface area contributed by atoms with Gasteiger partial charge in [0, 0.05) is 24.2 Å². The summed E-state index contributed by atoms with van der Waals surface area (Å²) >= 11 is 0. The molecule has 0 amide bonds. The molecule has 6 heteroatoms. The Morgan fingerprint density at radius 2 is 1.97 bits per heavy atom. The molecule has 1 saturated carbocycles. The van der Waals surface area contributed by atoms with Crippen LogP contribution in [-0.4, -0.2) is 19.9 Å². The monoisotopic (exact) mass is 460 g/mol. The Hall–Kier alpha value is -2.76. The molecule has 0 spiro atoms. The fraction of sp³-hybridized carbons (Fsp3) is 0.571. The van der Waals surface area contributed by atoms with Crippen molar-refractivity contribution in [3.63, 3.8) is 0 Å². The number of hydrogen-bond acceptors (Lipinski definition) is 4. The zero-order chi connectivity index (χ0) is 24.1. The van der Waals surface area contributed by atoms with Crippen LogP contribution in [0.1, 0.15) is 66.2 Å². The van der Waals surface area contributed by atoms with E-state index in [0.29, 0.717) is 23.2 Å². The van der Waals surface area contributed by atoms with Gasteiger partial charge in [0.05, 0.1) is 11.1 Å². The Bertz CT molecular complexity index is 1150. The maximum absolute atomic E-state index is 11.0. The molecule has 180 valence electrons. The van der Waals surface area contributed by atoms with E-state index >= 15 is 0 Å². The van der Waals surface area contributed by atoms with E-state index in [1.807, 2.05) is 10.9 Å². The molecule has 3 aliphatic carbocycles. The lowest BCUT2D eigenvalue weighted by Crippen LogP contribution is -2.51. The van der Waals surface area contributed by atoms with E-state index in [4.69, 9.17) is 0 Å². The van der Waals surface area contributed by atoms with Gasteiger partial charge < -0.3 is 0 Å². The molecule has 0 radical (unpaired) electrons. The van der Waals surface area contributed by atoms with Gasteiger partial charge in [0.25, 0.3) is 5.69 Å². The second kappa shape index (κ2) is 8.47. The quantitative estimate of drug-likeness (QED) is 0.356. The summed E-state index contributed by atoms with van der Waals surface area (Å²) in [7, 11) is 0. The van der Waals surface area contributed by atoms with Gasteiger partial charge in [-0.15, -0.1) is 5.10 Å². The van der Waals surface area contributed by atoms with E-state index in [9.17, 15) is 10.1 Å². The number of fused-ring (bicyclic) bond motifs is 3. The van der Waals surface area contributed by atoms with Crippen molar-refractivity contribution in [2.45, 2.75) is 72.8 Å². The molecule has 1 fully saturated rings. The second-order valence-electron chi connectivity index (χ2n) is 11.6. The molecule has 6 nitrogen and oxygen atoms in total. The van der Waals surface area contributed by atoms with Crippen LogP contribution < -0.4 is 0 Å². The molecule has 0 aliphatic heterocycles. The number of nitro benzene ring substituents is 1. The van der Waals surface area contributed by atoms with Gasteiger partial charge >= 0.3 is 0 Å². The maximum atomic E-state index is 11.0. The molecule has 1 aromatic carbocycles. The van der Waals surface area contributed by atoms with E-state index in [-0.39, 0.29) is 16.0 Å². The lowest BCUT2D eigenvalue weighted by atomic mass is 9.47. The molecule has 34 heavy (non-hydrogen) atoms. The first kappa shape index (κ1) is 23.0. The van der Waals surface area contributed by atoms with Crippen molar-refractivity contribution in [1.82, 2.24) is 15.0 Å². The van der Waals surface area contributed by atoms with Crippen molar-refractivity contribution in [1.29, 1.82) is 0 Å². The van der Waals surface area contributed by atoms with Crippen LogP contribution in [0.15, 0.2) is 53.8 Å². The first-order chi connectivity index (χ1) is 16.2. The number of hydrogen-bond donors (Lipinski definition) is 0. The summed E-state index contributed by atoms with van der Waals surface area (Å²) in [6, 6.07) is 6.55. The number of allylic oxidation sites excluding steroid dienone is 4. The summed E-state index contributed by atoms with van der Waals surface area (Å²) in [6.45, 7) is 10.5. The highest BCUT2D eigenvalue weighted by Crippen LogP contribution is 2.62. The van der Waals surface area contributed by atoms with E-state index in [1.54, 1.807) is 23.3 Å². The first-order valence-corrected chi connectivity index (χ1v) is 12.7. The number of non-ortho nitro benzene ring substituents is 1. The van der Waals surface area contributed by atoms with Crippen molar-refractivity contribution >= 4 is 5.69 Å². The molecular formula is C28H36N4O2. The highest BCUT2D eigenvalue weighted by atomic mass is 16.6. The minimum atomic E-state index is -0.378. The van der Waals surface area contributed by atoms with Crippen molar-refractivity contribution < 1.29 is 4.92 Å². The van der Waals surface area contributed by atoms with Crippen LogP contribution >= 0.6 is 0 Å². The molecule has 0 bridgehead atoms. The number of nitro groups is 1. The average Bonchev–Trinajstić information content (AvgIpc) is 3.26. The second-order valence-corrected chi connectivity index (χ2v) is 11.6. The summed E-state index contributed by atoms with van der Waals surface area (Å²) in [6.07, 6.45) is 14.5. The minimum Gasteiger partial charge on any atom is -0.258 e. The van der Waals surface area contributed by atoms with Crippen LogP contribution in [0.4, 0.5) is 5.69 Å². The van der Waals surface area contributed by atoms with Gasteiger partial charge in [0.15, 0.2) is 0 Å². The molecule has 5 rings (SSSR count). The molecule has 3 aliphatic rings. The van der Waals surface area contributed by atoms with E-state index in [0.717, 1.165) is 24.2 Å². The number of benzene rings is 1. The van der Waals surface area contributed by atoms with Crippen LogP contribution in [0.3, 0.4) is 0 Å². The Kier molecular flexibility index (Phi) is 5.73. The summed E-state index contributed by atoms with van der Waals surface area (Å²) in [4.78, 5) is 10.6. The van der Waals surface area contributed by atoms with Crippen molar-refractivity contribution in [2.75, 3.05) is 0 Å². The van der Waals surface area contributed by atoms with E-state index in [1.165, 1.54) is 44.2 Å². The van der Waals surface area contributed by atoms with Gasteiger partial charge in [-0.3, -0.25) is 14.8 Å². The SMILES string of the molecule is CC(C)C1=CC2=CCC3[C@](C)(Cn4cc(-c5ccc([N+](=O)[O-])cc5)nn4)CCC[C@]3(C)C2CC1. The number of aromatic nitrogens is 3. The van der Waals surface area contributed by atoms with Crippen LogP contribution in [0.25, 0.3) is 11.3 Å². The average molecular weight is 461 g/mol. The molecule has 0 saturated heterocycles. The minimum absolute atomic E-state index is 0.0907. The lowest BCUT2D eigenvalue weighted by molar-refractivity contribution is -0.384. The molecule has 1 heterocycles. The third-order valence-electron chi connectivity index (χ3n) is 9.14. The fourth-order valence-electron chi connectivity index (χ4n) is 7.30. The molecule has 4 atom stereocenters. The van der Waals surface area contributed by atoms with Gasteiger partial charge in [-0.1, -0.05) is 57.1 Å². The van der Waals surface area contributed by atoms with Gasteiger partial charge in [0.2, 0.25) is 0 Å². The number of nitrogens with zero attached hydrogens (tertiary/aromatic N) is 4. The highest BCUT2D eigenvalue weighted by molar-refractivity contribution is 5.59. The zero-order valence-corrected chi connectivity index (χ0v) is 20.8. The van der Waals surface area contributed by atoms with Crippen LogP contribution in [0.5, 0.6) is 0 Å². The molecule has 0 N–H and O–H groups in total. The van der Waals surface area contributed by atoms with Gasteiger partial charge in [-0.25, -0.2) is 0 Å². The van der Waals surface area contributed by atoms with Gasteiger partial charge in [0.1, 0.15) is 5.69 Å². The van der Waals surface area contributed by atoms with Gasteiger partial charge in [-0.2, -0.15) is 0 Å². The molecule has 2 aromatic rings. The number of rotatable bonds is 5. The van der Waals surface area contributed by atoms with E-state index < -0.39 is 0 Å². The van der Waals surface area contributed by atoms with E-state index in [2.05, 4.69) is 50.2 Å². The fourth-order valence-corrected chi connectivity index (χ4v) is 7.30. The standard InChI is InChI=1S/C28H36N4O2/c1-19(2)21-8-12-24-22(16-21)9-13-26-27(3,14-5-15-28(24,26)4)18-31-17-25(29-30-31)20-6-10-23(11-7-20)32(33)34/h6-7,9-11,16-17,19,24,26H,5,8,12-15,18H2,1-4H3/t24?,26?,27-,28+/m0/s1. The Morgan fingerprint density at radius 1 is 1.21 bits per heavy atom. The topological polar surface area (TPSA) is 73.8 Å². The molecule has 2 unspecified atom stereocenters. The predicted octanol–water partition coefficient (Wildman–Crippen LogP) is 6.99. The Morgan fingerprint density at radius 3 is 2.68 bits per heavy atom.